The van der Waals surface area contributed by atoms with Gasteiger partial charge < -0.3 is 50.3 Å². The van der Waals surface area contributed by atoms with Crippen LogP contribution in [0, 0.1) is 0 Å². The number of hydrogen-bond donors (Lipinski definition) is 6. The van der Waals surface area contributed by atoms with Crippen molar-refractivity contribution in [2.75, 3.05) is 42.6 Å². The number of carbonyl (C=O) groups excluding carboxylic acids is 6. The van der Waals surface area contributed by atoms with Crippen molar-refractivity contribution in [3.05, 3.63) is 89.3 Å². The number of carbonyl (C=O) groups is 6. The Morgan fingerprint density at radius 1 is 0.647 bits per heavy atom. The van der Waals surface area contributed by atoms with Gasteiger partial charge in [-0.1, -0.05) is 24.3 Å². The first kappa shape index (κ1) is 37.7. The zero-order valence-corrected chi connectivity index (χ0v) is 29.2. The summed E-state index contributed by atoms with van der Waals surface area (Å²) < 4.78 is 10.2. The lowest BCUT2D eigenvalue weighted by Crippen LogP contribution is -2.38. The Balaban J connectivity index is 1.25. The van der Waals surface area contributed by atoms with Gasteiger partial charge in [-0.3, -0.25) is 24.0 Å². The van der Waals surface area contributed by atoms with Crippen LogP contribution in [-0.2, 0) is 53.3 Å². The maximum absolute atomic E-state index is 13.1. The number of rotatable bonds is 16. The molecule has 0 saturated carbocycles. The fraction of sp³-hybridized carbons (Fsp3) is 0.314. The molecule has 1 aromatic carbocycles. The molecular weight excluding hydrogens is 658 g/mol. The van der Waals surface area contributed by atoms with Crippen LogP contribution < -0.4 is 31.9 Å². The van der Waals surface area contributed by atoms with E-state index in [4.69, 9.17) is 4.74 Å². The van der Waals surface area contributed by atoms with E-state index in [1.165, 1.54) is 23.6 Å². The quantitative estimate of drug-likeness (QED) is 0.0752. The number of anilines is 3. The van der Waals surface area contributed by atoms with Crippen molar-refractivity contribution in [1.29, 1.82) is 0 Å². The summed E-state index contributed by atoms with van der Waals surface area (Å²) in [5, 5.41) is 16.5. The van der Waals surface area contributed by atoms with Crippen molar-refractivity contribution < 1.29 is 33.5 Å². The zero-order valence-electron chi connectivity index (χ0n) is 29.2. The Hall–Kier alpha value is -6.16. The lowest BCUT2D eigenvalue weighted by atomic mass is 10.1. The van der Waals surface area contributed by atoms with Crippen LogP contribution in [0.25, 0.3) is 0 Å². The number of ether oxygens (including phenoxy) is 1. The predicted octanol–water partition coefficient (Wildman–Crippen LogP) is 1.91. The summed E-state index contributed by atoms with van der Waals surface area (Å²) in [4.78, 5) is 74.3. The monoisotopic (exact) mass is 701 g/mol. The molecule has 0 aliphatic carbocycles. The molecule has 0 spiro atoms. The highest BCUT2D eigenvalue weighted by atomic mass is 16.5. The molecule has 5 amide bonds. The Bertz CT molecular complexity index is 1900. The number of nitrogens with zero attached hydrogens (tertiary/aromatic N) is 3. The van der Waals surface area contributed by atoms with Gasteiger partial charge in [0.25, 0.3) is 11.8 Å². The van der Waals surface area contributed by atoms with E-state index in [1.807, 2.05) is 7.05 Å². The van der Waals surface area contributed by atoms with E-state index in [0.717, 1.165) is 18.5 Å². The van der Waals surface area contributed by atoms with E-state index in [2.05, 4.69) is 31.9 Å². The fourth-order valence-electron chi connectivity index (χ4n) is 5.10. The van der Waals surface area contributed by atoms with Crippen molar-refractivity contribution in [3.8, 4) is 0 Å². The van der Waals surface area contributed by atoms with E-state index < -0.39 is 17.8 Å². The van der Waals surface area contributed by atoms with Crippen molar-refractivity contribution >= 4 is 52.6 Å². The first-order chi connectivity index (χ1) is 24.3. The third-order valence-corrected chi connectivity index (χ3v) is 7.65. The van der Waals surface area contributed by atoms with Crippen LogP contribution in [0.4, 0.5) is 17.1 Å². The molecule has 0 radical (unpaired) electrons. The van der Waals surface area contributed by atoms with Crippen LogP contribution in [0.15, 0.2) is 61.1 Å². The van der Waals surface area contributed by atoms with Crippen LogP contribution >= 0.6 is 0 Å². The van der Waals surface area contributed by atoms with E-state index in [9.17, 15) is 28.8 Å². The maximum Gasteiger partial charge on any atom is 0.355 e. The largest absolute Gasteiger partial charge is 0.456 e. The standard InChI is InChI=1S/C35H43N9O7/c1-22(45)39-25-14-28(42(3)18-25)33(48)40-26-15-29(43(4)19-26)34(49)41-27-16-30(44(5)20-27)35(50)51-21-24-9-7-23(8-10-24)13-31(46)38-17-32(47)37-12-6-11-36-2/h7-10,14-16,18-20,36H,6,11-13,17,21H2,1-5H3,(H,37,47)(H,38,46)(H,39,45)(H,40,48)(H,41,49). The summed E-state index contributed by atoms with van der Waals surface area (Å²) >= 11 is 0. The second-order valence-electron chi connectivity index (χ2n) is 11.9. The van der Waals surface area contributed by atoms with Gasteiger partial charge in [0, 0.05) is 53.2 Å². The van der Waals surface area contributed by atoms with Crippen molar-refractivity contribution in [2.45, 2.75) is 26.4 Å². The molecule has 0 atom stereocenters. The molecule has 0 aliphatic heterocycles. The number of benzene rings is 1. The van der Waals surface area contributed by atoms with Crippen molar-refractivity contribution in [1.82, 2.24) is 29.7 Å². The van der Waals surface area contributed by atoms with Crippen molar-refractivity contribution in [3.63, 3.8) is 0 Å². The molecule has 0 fully saturated rings. The van der Waals surface area contributed by atoms with Gasteiger partial charge in [-0.05, 0) is 49.3 Å². The van der Waals surface area contributed by atoms with Gasteiger partial charge in [0.2, 0.25) is 17.7 Å². The van der Waals surface area contributed by atoms with Crippen LogP contribution in [0.3, 0.4) is 0 Å². The molecule has 4 rings (SSSR count). The van der Waals surface area contributed by atoms with Crippen LogP contribution in [0.1, 0.15) is 55.9 Å². The minimum absolute atomic E-state index is 0.0128. The smallest absolute Gasteiger partial charge is 0.355 e. The summed E-state index contributed by atoms with van der Waals surface area (Å²) in [6.07, 6.45) is 5.68. The molecule has 16 heteroatoms. The number of esters is 1. The number of amides is 5. The highest BCUT2D eigenvalue weighted by Crippen LogP contribution is 2.20. The average molecular weight is 702 g/mol. The fourth-order valence-corrected chi connectivity index (χ4v) is 5.10. The molecule has 3 heterocycles. The number of nitrogens with one attached hydrogen (secondary N) is 6. The minimum Gasteiger partial charge on any atom is -0.456 e. The third kappa shape index (κ3) is 10.9. The minimum atomic E-state index is -0.600. The summed E-state index contributed by atoms with van der Waals surface area (Å²) in [5.41, 5.74) is 3.46. The summed E-state index contributed by atoms with van der Waals surface area (Å²) in [5.74, 6) is -2.28. The molecule has 270 valence electrons. The van der Waals surface area contributed by atoms with Crippen LogP contribution in [-0.4, -0.2) is 75.9 Å². The van der Waals surface area contributed by atoms with Gasteiger partial charge in [0.1, 0.15) is 23.7 Å². The highest BCUT2D eigenvalue weighted by molar-refractivity contribution is 6.07. The SMILES string of the molecule is CNCCCNC(=O)CNC(=O)Cc1ccc(COC(=O)c2cc(NC(=O)c3cc(NC(=O)c4cc(NC(C)=O)cn4C)cn3C)cn2C)cc1. The lowest BCUT2D eigenvalue weighted by Gasteiger charge is -2.08. The molecule has 0 unspecified atom stereocenters. The van der Waals surface area contributed by atoms with E-state index in [1.54, 1.807) is 79.2 Å². The van der Waals surface area contributed by atoms with Gasteiger partial charge in [0.05, 0.1) is 30.0 Å². The second-order valence-corrected chi connectivity index (χ2v) is 11.9. The summed E-state index contributed by atoms with van der Waals surface area (Å²) in [6.45, 7) is 2.59. The molecule has 51 heavy (non-hydrogen) atoms. The summed E-state index contributed by atoms with van der Waals surface area (Å²) in [7, 11) is 6.82. The average Bonchev–Trinajstić information content (AvgIpc) is 3.76. The van der Waals surface area contributed by atoms with Gasteiger partial charge in [-0.25, -0.2) is 4.79 Å². The molecule has 3 aromatic heterocycles. The molecule has 0 saturated heterocycles. The first-order valence-electron chi connectivity index (χ1n) is 16.1. The number of hydrogen-bond acceptors (Lipinski definition) is 8. The normalized spacial score (nSPS) is 10.7. The van der Waals surface area contributed by atoms with Gasteiger partial charge >= 0.3 is 5.97 Å². The predicted molar refractivity (Wildman–Crippen MR) is 190 cm³/mol. The Morgan fingerprint density at radius 3 is 1.71 bits per heavy atom. The third-order valence-electron chi connectivity index (χ3n) is 7.65. The molecule has 0 bridgehead atoms. The van der Waals surface area contributed by atoms with E-state index in [0.29, 0.717) is 34.9 Å². The van der Waals surface area contributed by atoms with Gasteiger partial charge in [-0.2, -0.15) is 0 Å². The van der Waals surface area contributed by atoms with E-state index in [-0.39, 0.29) is 48.7 Å². The molecule has 4 aromatic rings. The van der Waals surface area contributed by atoms with E-state index >= 15 is 0 Å². The van der Waals surface area contributed by atoms with Gasteiger partial charge in [-0.15, -0.1) is 0 Å². The van der Waals surface area contributed by atoms with Crippen LogP contribution in [0.2, 0.25) is 0 Å². The molecule has 16 nitrogen and oxygen atoms in total. The van der Waals surface area contributed by atoms with Crippen LogP contribution in [0.5, 0.6) is 0 Å². The van der Waals surface area contributed by atoms with Gasteiger partial charge in [0.15, 0.2) is 0 Å². The Labute approximate surface area is 294 Å². The first-order valence-corrected chi connectivity index (χ1v) is 16.1. The highest BCUT2D eigenvalue weighted by Gasteiger charge is 2.19. The number of aromatic nitrogens is 3. The topological polar surface area (TPSA) is 199 Å². The zero-order chi connectivity index (χ0) is 37.1. The molecule has 6 N–H and O–H groups in total. The Morgan fingerprint density at radius 2 is 1.16 bits per heavy atom. The maximum atomic E-state index is 13.1. The lowest BCUT2D eigenvalue weighted by molar-refractivity contribution is -0.125. The van der Waals surface area contributed by atoms with Crippen molar-refractivity contribution in [2.24, 2.45) is 21.1 Å². The Kier molecular flexibility index (Phi) is 12.9. The summed E-state index contributed by atoms with van der Waals surface area (Å²) in [6, 6.07) is 11.6. The molecule has 0 aliphatic rings. The number of aryl methyl sites for hydroxylation is 3. The molecular formula is C35H43N9O7. The second kappa shape index (κ2) is 17.5.